The number of benzene rings is 1. The zero-order chi connectivity index (χ0) is 12.8. The molecular formula is C15H22ClNO. The van der Waals surface area contributed by atoms with Crippen LogP contribution in [0.15, 0.2) is 24.3 Å². The van der Waals surface area contributed by atoms with Crippen LogP contribution < -0.4 is 0 Å². The van der Waals surface area contributed by atoms with Crippen LogP contribution >= 0.6 is 11.6 Å². The van der Waals surface area contributed by atoms with Crippen molar-refractivity contribution in [2.75, 3.05) is 26.2 Å². The van der Waals surface area contributed by atoms with E-state index < -0.39 is 0 Å². The molecule has 0 radical (unpaired) electrons. The van der Waals surface area contributed by atoms with E-state index >= 15 is 0 Å². The summed E-state index contributed by atoms with van der Waals surface area (Å²) < 4.78 is 0. The Kier molecular flexibility index (Phi) is 5.48. The summed E-state index contributed by atoms with van der Waals surface area (Å²) in [5.74, 6) is 0.802. The van der Waals surface area contributed by atoms with Crippen LogP contribution in [-0.4, -0.2) is 36.2 Å². The van der Waals surface area contributed by atoms with Crippen LogP contribution in [0.3, 0.4) is 0 Å². The number of halogens is 1. The minimum Gasteiger partial charge on any atom is -0.396 e. The summed E-state index contributed by atoms with van der Waals surface area (Å²) in [4.78, 5) is 2.47. The topological polar surface area (TPSA) is 23.5 Å². The first-order valence-electron chi connectivity index (χ1n) is 6.85. The van der Waals surface area contributed by atoms with E-state index in [1.165, 1.54) is 37.9 Å². The van der Waals surface area contributed by atoms with Crippen molar-refractivity contribution >= 4 is 11.6 Å². The molecule has 0 amide bonds. The van der Waals surface area contributed by atoms with Gasteiger partial charge in [-0.25, -0.2) is 0 Å². The van der Waals surface area contributed by atoms with E-state index in [9.17, 15) is 0 Å². The highest BCUT2D eigenvalue weighted by molar-refractivity contribution is 6.30. The minimum absolute atomic E-state index is 0.310. The number of hydrogen-bond donors (Lipinski definition) is 1. The normalized spacial score (nSPS) is 18.1. The van der Waals surface area contributed by atoms with E-state index in [1.807, 2.05) is 12.1 Å². The predicted octanol–water partition coefficient (Wildman–Crippen LogP) is 2.98. The number of rotatable bonds is 5. The molecule has 1 fully saturated rings. The van der Waals surface area contributed by atoms with Crippen molar-refractivity contribution in [3.05, 3.63) is 34.9 Å². The van der Waals surface area contributed by atoms with Gasteiger partial charge in [0.2, 0.25) is 0 Å². The highest BCUT2D eigenvalue weighted by Gasteiger charge is 2.18. The molecule has 0 aromatic heterocycles. The fourth-order valence-corrected chi connectivity index (χ4v) is 2.79. The van der Waals surface area contributed by atoms with Crippen molar-refractivity contribution in [2.24, 2.45) is 5.92 Å². The van der Waals surface area contributed by atoms with Crippen molar-refractivity contribution in [2.45, 2.75) is 25.7 Å². The second-order valence-electron chi connectivity index (χ2n) is 5.19. The molecule has 18 heavy (non-hydrogen) atoms. The zero-order valence-electron chi connectivity index (χ0n) is 10.8. The van der Waals surface area contributed by atoms with Crippen LogP contribution in [0.5, 0.6) is 0 Å². The molecule has 1 saturated heterocycles. The minimum atomic E-state index is 0.310. The van der Waals surface area contributed by atoms with Gasteiger partial charge in [0.25, 0.3) is 0 Å². The molecule has 1 heterocycles. The van der Waals surface area contributed by atoms with Crippen molar-refractivity contribution in [3.8, 4) is 0 Å². The zero-order valence-corrected chi connectivity index (χ0v) is 11.6. The summed E-state index contributed by atoms with van der Waals surface area (Å²) in [5, 5.41) is 9.65. The quantitative estimate of drug-likeness (QED) is 0.887. The second kappa shape index (κ2) is 7.13. The number of nitrogens with zero attached hydrogens (tertiary/aromatic N) is 1. The summed E-state index contributed by atoms with van der Waals surface area (Å²) in [6.45, 7) is 3.71. The third kappa shape index (κ3) is 4.27. The molecule has 1 aromatic carbocycles. The third-order valence-electron chi connectivity index (χ3n) is 3.78. The third-order valence-corrected chi connectivity index (χ3v) is 4.03. The van der Waals surface area contributed by atoms with Crippen LogP contribution in [0.4, 0.5) is 0 Å². The molecule has 1 N–H and O–H groups in total. The lowest BCUT2D eigenvalue weighted by atomic mass is 9.90. The fourth-order valence-electron chi connectivity index (χ4n) is 2.66. The van der Waals surface area contributed by atoms with E-state index in [4.69, 9.17) is 16.7 Å². The monoisotopic (exact) mass is 267 g/mol. The van der Waals surface area contributed by atoms with E-state index in [0.717, 1.165) is 23.9 Å². The number of hydrogen-bond acceptors (Lipinski definition) is 2. The lowest BCUT2D eigenvalue weighted by Gasteiger charge is -2.31. The van der Waals surface area contributed by atoms with Gasteiger partial charge in [-0.2, -0.15) is 0 Å². The number of aliphatic hydroxyl groups excluding tert-OH is 1. The molecule has 2 rings (SSSR count). The van der Waals surface area contributed by atoms with E-state index in [2.05, 4.69) is 17.0 Å². The van der Waals surface area contributed by atoms with Gasteiger partial charge in [0.1, 0.15) is 0 Å². The first kappa shape index (κ1) is 13.9. The number of aliphatic hydroxyl groups is 1. The van der Waals surface area contributed by atoms with E-state index in [0.29, 0.717) is 6.61 Å². The molecule has 0 aliphatic carbocycles. The predicted molar refractivity (Wildman–Crippen MR) is 76.0 cm³/mol. The Hall–Kier alpha value is -0.570. The van der Waals surface area contributed by atoms with Crippen molar-refractivity contribution in [1.82, 2.24) is 4.90 Å². The van der Waals surface area contributed by atoms with Crippen molar-refractivity contribution in [3.63, 3.8) is 0 Å². The van der Waals surface area contributed by atoms with Crippen LogP contribution in [0.1, 0.15) is 24.8 Å². The summed E-state index contributed by atoms with van der Waals surface area (Å²) >= 11 is 5.89. The van der Waals surface area contributed by atoms with Crippen LogP contribution in [-0.2, 0) is 6.42 Å². The number of piperidine rings is 1. The summed E-state index contributed by atoms with van der Waals surface area (Å²) in [7, 11) is 0. The SMILES string of the molecule is OCCCN1CCC(Cc2ccc(Cl)cc2)CC1. The van der Waals surface area contributed by atoms with Gasteiger partial charge < -0.3 is 10.0 Å². The highest BCUT2D eigenvalue weighted by atomic mass is 35.5. The van der Waals surface area contributed by atoms with Crippen molar-refractivity contribution < 1.29 is 5.11 Å². The Morgan fingerprint density at radius 1 is 1.17 bits per heavy atom. The maximum atomic E-state index is 8.83. The molecule has 0 unspecified atom stereocenters. The van der Waals surface area contributed by atoms with Gasteiger partial charge in [0, 0.05) is 18.2 Å². The Labute approximate surface area is 115 Å². The molecule has 2 nitrogen and oxygen atoms in total. The van der Waals surface area contributed by atoms with Gasteiger partial charge >= 0.3 is 0 Å². The van der Waals surface area contributed by atoms with Gasteiger partial charge in [0.05, 0.1) is 0 Å². The maximum Gasteiger partial charge on any atom is 0.0443 e. The molecule has 3 heteroatoms. The van der Waals surface area contributed by atoms with Crippen LogP contribution in [0.25, 0.3) is 0 Å². The molecule has 1 aliphatic heterocycles. The Bertz CT molecular complexity index is 344. The Morgan fingerprint density at radius 2 is 1.83 bits per heavy atom. The average Bonchev–Trinajstić information content (AvgIpc) is 2.41. The summed E-state index contributed by atoms with van der Waals surface area (Å²) in [5.41, 5.74) is 1.40. The van der Waals surface area contributed by atoms with E-state index in [-0.39, 0.29) is 0 Å². The lowest BCUT2D eigenvalue weighted by molar-refractivity contribution is 0.167. The van der Waals surface area contributed by atoms with Crippen molar-refractivity contribution in [1.29, 1.82) is 0 Å². The summed E-state index contributed by atoms with van der Waals surface area (Å²) in [6, 6.07) is 8.24. The smallest absolute Gasteiger partial charge is 0.0443 e. The maximum absolute atomic E-state index is 8.83. The van der Waals surface area contributed by atoms with E-state index in [1.54, 1.807) is 0 Å². The van der Waals surface area contributed by atoms with Gasteiger partial charge in [-0.15, -0.1) is 0 Å². The Balaban J connectivity index is 1.74. The molecule has 0 bridgehead atoms. The molecule has 100 valence electrons. The van der Waals surface area contributed by atoms with Crippen LogP contribution in [0, 0.1) is 5.92 Å². The molecule has 0 saturated carbocycles. The fraction of sp³-hybridized carbons (Fsp3) is 0.600. The molecular weight excluding hydrogens is 246 g/mol. The van der Waals surface area contributed by atoms with Crippen LogP contribution in [0.2, 0.25) is 5.02 Å². The first-order chi connectivity index (χ1) is 8.78. The molecule has 0 spiro atoms. The molecule has 1 aliphatic rings. The number of likely N-dealkylation sites (tertiary alicyclic amines) is 1. The molecule has 0 atom stereocenters. The second-order valence-corrected chi connectivity index (χ2v) is 5.63. The van der Waals surface area contributed by atoms with Gasteiger partial charge in [-0.1, -0.05) is 23.7 Å². The average molecular weight is 268 g/mol. The summed E-state index contributed by atoms with van der Waals surface area (Å²) in [6.07, 6.45) is 4.62. The standard InChI is InChI=1S/C15H22ClNO/c16-15-4-2-13(3-5-15)12-14-6-9-17(10-7-14)8-1-11-18/h2-5,14,18H,1,6-12H2. The van der Waals surface area contributed by atoms with Gasteiger partial charge in [-0.05, 0) is 62.4 Å². The highest BCUT2D eigenvalue weighted by Crippen LogP contribution is 2.22. The first-order valence-corrected chi connectivity index (χ1v) is 7.23. The Morgan fingerprint density at radius 3 is 2.44 bits per heavy atom. The molecule has 1 aromatic rings. The van der Waals surface area contributed by atoms with Gasteiger partial charge in [-0.3, -0.25) is 0 Å². The van der Waals surface area contributed by atoms with Gasteiger partial charge in [0.15, 0.2) is 0 Å². The largest absolute Gasteiger partial charge is 0.396 e. The lowest BCUT2D eigenvalue weighted by Crippen LogP contribution is -2.35.